The van der Waals surface area contributed by atoms with Crippen molar-refractivity contribution in [3.8, 4) is 33.7 Å². The maximum atomic E-state index is 6.59. The SMILES string of the molecule is c1ccc(-c2nc3ccc4ccc5ccc(N(c6ccc(-c7ccc8oc9ccccc9c8c7)cc6)c6ccccc6-c6ccccc6)cc5c4c3o2)cc1. The van der Waals surface area contributed by atoms with E-state index in [0.717, 1.165) is 99.5 Å². The van der Waals surface area contributed by atoms with Crippen molar-refractivity contribution in [1.29, 1.82) is 0 Å². The summed E-state index contributed by atoms with van der Waals surface area (Å²) in [6.45, 7) is 0. The Bertz CT molecular complexity index is 3200. The van der Waals surface area contributed by atoms with Gasteiger partial charge in [-0.25, -0.2) is 4.98 Å². The molecular formula is C51H32N2O2. The molecule has 0 amide bonds. The molecule has 0 saturated carbocycles. The van der Waals surface area contributed by atoms with E-state index in [1.807, 2.05) is 42.5 Å². The topological polar surface area (TPSA) is 42.4 Å². The molecule has 4 heteroatoms. The van der Waals surface area contributed by atoms with Crippen LogP contribution in [0.2, 0.25) is 0 Å². The zero-order valence-electron chi connectivity index (χ0n) is 29.7. The Morgan fingerprint density at radius 2 is 1.05 bits per heavy atom. The highest BCUT2D eigenvalue weighted by atomic mass is 16.3. The molecule has 0 N–H and O–H groups in total. The summed E-state index contributed by atoms with van der Waals surface area (Å²) in [5, 5.41) is 6.65. The Kier molecular flexibility index (Phi) is 7.14. The van der Waals surface area contributed by atoms with E-state index >= 15 is 0 Å². The lowest BCUT2D eigenvalue weighted by atomic mass is 9.98. The summed E-state index contributed by atoms with van der Waals surface area (Å²) in [5.41, 5.74) is 12.2. The lowest BCUT2D eigenvalue weighted by molar-refractivity contribution is 0.623. The Labute approximate surface area is 317 Å². The first-order valence-corrected chi connectivity index (χ1v) is 18.5. The molecule has 258 valence electrons. The summed E-state index contributed by atoms with van der Waals surface area (Å²) in [4.78, 5) is 7.29. The van der Waals surface area contributed by atoms with E-state index in [2.05, 4.69) is 157 Å². The van der Waals surface area contributed by atoms with Crippen LogP contribution in [0.15, 0.2) is 203 Å². The second-order valence-corrected chi connectivity index (χ2v) is 13.9. The maximum Gasteiger partial charge on any atom is 0.227 e. The fraction of sp³-hybridized carbons (Fsp3) is 0. The van der Waals surface area contributed by atoms with Gasteiger partial charge in [-0.1, -0.05) is 127 Å². The van der Waals surface area contributed by atoms with Gasteiger partial charge >= 0.3 is 0 Å². The van der Waals surface area contributed by atoms with Gasteiger partial charge in [0.15, 0.2) is 5.58 Å². The van der Waals surface area contributed by atoms with E-state index in [1.165, 1.54) is 0 Å². The quantitative estimate of drug-likeness (QED) is 0.162. The van der Waals surface area contributed by atoms with Crippen molar-refractivity contribution < 1.29 is 8.83 Å². The Morgan fingerprint density at radius 1 is 0.400 bits per heavy atom. The summed E-state index contributed by atoms with van der Waals surface area (Å²) in [6, 6.07) is 68.2. The lowest BCUT2D eigenvalue weighted by Gasteiger charge is -2.28. The third-order valence-corrected chi connectivity index (χ3v) is 10.7. The van der Waals surface area contributed by atoms with Crippen molar-refractivity contribution in [3.63, 3.8) is 0 Å². The third-order valence-electron chi connectivity index (χ3n) is 10.7. The fourth-order valence-electron chi connectivity index (χ4n) is 8.02. The molecule has 0 aliphatic carbocycles. The van der Waals surface area contributed by atoms with Gasteiger partial charge < -0.3 is 13.7 Å². The molecule has 0 fully saturated rings. The van der Waals surface area contributed by atoms with Crippen LogP contribution < -0.4 is 4.90 Å². The number of hydrogen-bond acceptors (Lipinski definition) is 4. The summed E-state index contributed by atoms with van der Waals surface area (Å²) >= 11 is 0. The van der Waals surface area contributed by atoms with E-state index in [4.69, 9.17) is 13.8 Å². The largest absolute Gasteiger partial charge is 0.456 e. The van der Waals surface area contributed by atoms with Gasteiger partial charge in [-0.2, -0.15) is 0 Å². The molecule has 0 atom stereocenters. The fourth-order valence-corrected chi connectivity index (χ4v) is 8.02. The molecule has 0 bridgehead atoms. The van der Waals surface area contributed by atoms with Crippen LogP contribution >= 0.6 is 0 Å². The zero-order chi connectivity index (χ0) is 36.3. The summed E-state index contributed by atoms with van der Waals surface area (Å²) in [7, 11) is 0. The van der Waals surface area contributed by atoms with Gasteiger partial charge in [0.25, 0.3) is 0 Å². The van der Waals surface area contributed by atoms with Gasteiger partial charge in [-0.15, -0.1) is 0 Å². The minimum absolute atomic E-state index is 0.620. The van der Waals surface area contributed by atoms with Crippen LogP contribution in [0.5, 0.6) is 0 Å². The first-order valence-electron chi connectivity index (χ1n) is 18.5. The van der Waals surface area contributed by atoms with Crippen LogP contribution in [0.25, 0.3) is 88.3 Å². The van der Waals surface area contributed by atoms with Gasteiger partial charge in [-0.3, -0.25) is 0 Å². The Hall–Kier alpha value is -7.43. The van der Waals surface area contributed by atoms with Crippen LogP contribution in [-0.4, -0.2) is 4.98 Å². The van der Waals surface area contributed by atoms with Crippen molar-refractivity contribution in [3.05, 3.63) is 194 Å². The molecule has 55 heavy (non-hydrogen) atoms. The zero-order valence-corrected chi connectivity index (χ0v) is 29.7. The molecule has 0 spiro atoms. The third kappa shape index (κ3) is 5.26. The van der Waals surface area contributed by atoms with E-state index in [-0.39, 0.29) is 0 Å². The second-order valence-electron chi connectivity index (χ2n) is 13.9. The summed E-state index contributed by atoms with van der Waals surface area (Å²) in [5.74, 6) is 0.620. The number of rotatable bonds is 6. The minimum Gasteiger partial charge on any atom is -0.456 e. The van der Waals surface area contributed by atoms with Gasteiger partial charge in [-0.05, 0) is 99.6 Å². The first kappa shape index (κ1) is 31.1. The number of aromatic nitrogens is 1. The van der Waals surface area contributed by atoms with E-state index < -0.39 is 0 Å². The maximum absolute atomic E-state index is 6.59. The smallest absolute Gasteiger partial charge is 0.227 e. The van der Waals surface area contributed by atoms with Crippen molar-refractivity contribution in [2.45, 2.75) is 0 Å². The second kappa shape index (κ2) is 12.6. The number of nitrogens with zero attached hydrogens (tertiary/aromatic N) is 2. The number of oxazole rings is 1. The number of hydrogen-bond donors (Lipinski definition) is 0. The Balaban J connectivity index is 1.09. The number of furan rings is 1. The average Bonchev–Trinajstić information content (AvgIpc) is 3.87. The Morgan fingerprint density at radius 3 is 1.91 bits per heavy atom. The summed E-state index contributed by atoms with van der Waals surface area (Å²) < 4.78 is 12.7. The minimum atomic E-state index is 0.620. The predicted octanol–water partition coefficient (Wildman–Crippen LogP) is 14.5. The molecule has 11 rings (SSSR count). The van der Waals surface area contributed by atoms with E-state index in [9.17, 15) is 0 Å². The molecular weight excluding hydrogens is 673 g/mol. The van der Waals surface area contributed by atoms with Crippen LogP contribution in [-0.2, 0) is 0 Å². The predicted molar refractivity (Wildman–Crippen MR) is 227 cm³/mol. The number of anilines is 3. The van der Waals surface area contributed by atoms with Crippen molar-refractivity contribution >= 4 is 71.6 Å². The highest BCUT2D eigenvalue weighted by molar-refractivity contribution is 6.19. The molecule has 4 nitrogen and oxygen atoms in total. The van der Waals surface area contributed by atoms with Crippen LogP contribution in [0.3, 0.4) is 0 Å². The van der Waals surface area contributed by atoms with Gasteiger partial charge in [0.2, 0.25) is 5.89 Å². The lowest BCUT2D eigenvalue weighted by Crippen LogP contribution is -2.11. The molecule has 0 saturated heterocycles. The first-order chi connectivity index (χ1) is 27.2. The highest BCUT2D eigenvalue weighted by Gasteiger charge is 2.20. The number of fused-ring (bicyclic) bond motifs is 8. The monoisotopic (exact) mass is 704 g/mol. The normalized spacial score (nSPS) is 11.6. The molecule has 11 aromatic rings. The number of para-hydroxylation sites is 2. The standard InChI is InChI=1S/C51H32N2O2/c1-3-11-34(12-4-1)41-15-7-9-17-46(41)53(39-26-21-33(22-27-39)38-25-30-48-44(31-38)42-16-8-10-18-47(42)54-48)40-28-23-35-19-20-36-24-29-45-50(49(36)43(35)32-40)55-51(52-45)37-13-5-2-6-14-37/h1-32H. The van der Waals surface area contributed by atoms with Crippen LogP contribution in [0.1, 0.15) is 0 Å². The van der Waals surface area contributed by atoms with Gasteiger partial charge in [0, 0.05) is 38.7 Å². The highest BCUT2D eigenvalue weighted by Crippen LogP contribution is 2.44. The number of benzene rings is 9. The molecule has 0 aliphatic heterocycles. The molecule has 2 aromatic heterocycles. The average molecular weight is 705 g/mol. The molecule has 9 aromatic carbocycles. The van der Waals surface area contributed by atoms with Crippen LogP contribution in [0, 0.1) is 0 Å². The molecule has 0 aliphatic rings. The van der Waals surface area contributed by atoms with E-state index in [1.54, 1.807) is 0 Å². The van der Waals surface area contributed by atoms with Crippen molar-refractivity contribution in [1.82, 2.24) is 4.98 Å². The van der Waals surface area contributed by atoms with Gasteiger partial charge in [0.05, 0.1) is 5.69 Å². The van der Waals surface area contributed by atoms with Gasteiger partial charge in [0.1, 0.15) is 16.7 Å². The van der Waals surface area contributed by atoms with E-state index in [0.29, 0.717) is 5.89 Å². The summed E-state index contributed by atoms with van der Waals surface area (Å²) in [6.07, 6.45) is 0. The molecule has 2 heterocycles. The molecule has 0 unspecified atom stereocenters. The van der Waals surface area contributed by atoms with Crippen LogP contribution in [0.4, 0.5) is 17.1 Å². The van der Waals surface area contributed by atoms with Crippen molar-refractivity contribution in [2.75, 3.05) is 4.90 Å². The molecule has 0 radical (unpaired) electrons. The van der Waals surface area contributed by atoms with Crippen molar-refractivity contribution in [2.24, 2.45) is 0 Å².